The van der Waals surface area contributed by atoms with Crippen LogP contribution >= 0.6 is 0 Å². The van der Waals surface area contributed by atoms with E-state index in [1.807, 2.05) is 34.6 Å². The molecule has 12 heteroatoms. The van der Waals surface area contributed by atoms with Crippen LogP contribution in [0, 0.1) is 23.1 Å². The van der Waals surface area contributed by atoms with Gasteiger partial charge in [0.15, 0.2) is 5.69 Å². The second-order valence-electron chi connectivity index (χ2n) is 12.9. The van der Waals surface area contributed by atoms with E-state index in [-0.39, 0.29) is 30.5 Å². The lowest BCUT2D eigenvalue weighted by Gasteiger charge is -2.53. The minimum Gasteiger partial charge on any atom is -0.465 e. The number of carboxylic acid groups (broad SMARTS) is 1. The van der Waals surface area contributed by atoms with Gasteiger partial charge in [-0.25, -0.2) is 13.9 Å². The first kappa shape index (κ1) is 34.4. The second kappa shape index (κ2) is 15.1. The molecule has 0 spiro atoms. The van der Waals surface area contributed by atoms with E-state index in [1.165, 1.54) is 22.8 Å². The largest absolute Gasteiger partial charge is 0.465 e. The van der Waals surface area contributed by atoms with Crippen LogP contribution in [0.25, 0.3) is 5.69 Å². The molecule has 1 aliphatic rings. The van der Waals surface area contributed by atoms with Crippen molar-refractivity contribution in [1.82, 2.24) is 24.8 Å². The standard InChI is InChI=1S/C31H48FN5O6/c1-20(2)17-35(25-16-21(26(38)19-43-7)18-36(30(40)41)28(25)31(3,4)5)29(39)27-24(14-10-11-15-42-6)37(34-33-27)23-13-9-8-12-22(23)32/h8-9,12-13,20-21,25-26,28,38H,10-11,14-19H2,1-7H3,(H,40,41)/t21-,25+,26?,28?/m1/s1. The molecule has 43 heavy (non-hydrogen) atoms. The van der Waals surface area contributed by atoms with Crippen LogP contribution in [-0.4, -0.2) is 106 Å². The average Bonchev–Trinajstić information content (AvgIpc) is 3.36. The summed E-state index contributed by atoms with van der Waals surface area (Å²) in [5, 5.41) is 29.8. The fourth-order valence-electron chi connectivity index (χ4n) is 6.16. The molecule has 240 valence electrons. The van der Waals surface area contributed by atoms with Crippen LogP contribution in [0.3, 0.4) is 0 Å². The lowest BCUT2D eigenvalue weighted by atomic mass is 9.73. The van der Waals surface area contributed by atoms with E-state index < -0.39 is 47.3 Å². The molecule has 4 atom stereocenters. The zero-order valence-electron chi connectivity index (χ0n) is 26.5. The summed E-state index contributed by atoms with van der Waals surface area (Å²) in [5.74, 6) is -1.30. The normalized spacial score (nSPS) is 20.0. The third kappa shape index (κ3) is 8.30. The van der Waals surface area contributed by atoms with Gasteiger partial charge in [-0.15, -0.1) is 5.10 Å². The zero-order valence-corrected chi connectivity index (χ0v) is 26.5. The van der Waals surface area contributed by atoms with E-state index in [4.69, 9.17) is 9.47 Å². The number of carbonyl (C=O) groups excluding carboxylic acids is 1. The van der Waals surface area contributed by atoms with Gasteiger partial charge in [-0.2, -0.15) is 0 Å². The summed E-state index contributed by atoms with van der Waals surface area (Å²) in [5.41, 5.74) is 0.240. The number of para-hydroxylation sites is 1. The Hall–Kier alpha value is -3.09. The van der Waals surface area contributed by atoms with Crippen LogP contribution in [0.1, 0.15) is 70.1 Å². The van der Waals surface area contributed by atoms with Gasteiger partial charge in [0.2, 0.25) is 0 Å². The van der Waals surface area contributed by atoms with Crippen molar-refractivity contribution in [2.24, 2.45) is 17.3 Å². The monoisotopic (exact) mass is 605 g/mol. The highest BCUT2D eigenvalue weighted by Gasteiger charge is 2.49. The molecule has 2 N–H and O–H groups in total. The van der Waals surface area contributed by atoms with E-state index >= 15 is 0 Å². The number of carbonyl (C=O) groups is 2. The van der Waals surface area contributed by atoms with E-state index in [0.29, 0.717) is 38.1 Å². The zero-order chi connectivity index (χ0) is 31.9. The van der Waals surface area contributed by atoms with Crippen LogP contribution in [-0.2, 0) is 15.9 Å². The summed E-state index contributed by atoms with van der Waals surface area (Å²) in [7, 11) is 3.11. The number of aromatic nitrogens is 3. The van der Waals surface area contributed by atoms with E-state index in [1.54, 1.807) is 30.2 Å². The van der Waals surface area contributed by atoms with E-state index in [0.717, 1.165) is 6.42 Å². The Morgan fingerprint density at radius 1 is 1.16 bits per heavy atom. The molecule has 0 aliphatic carbocycles. The number of unbranched alkanes of at least 4 members (excludes halogenated alkanes) is 1. The number of benzene rings is 1. The molecule has 2 unspecified atom stereocenters. The molecule has 3 rings (SSSR count). The topological polar surface area (TPSA) is 130 Å². The first-order valence-corrected chi connectivity index (χ1v) is 15.0. The summed E-state index contributed by atoms with van der Waals surface area (Å²) >= 11 is 0. The molecule has 2 aromatic rings. The van der Waals surface area contributed by atoms with Gasteiger partial charge in [-0.05, 0) is 49.1 Å². The number of hydrogen-bond donors (Lipinski definition) is 2. The maximum Gasteiger partial charge on any atom is 0.407 e. The van der Waals surface area contributed by atoms with Gasteiger partial charge in [0.25, 0.3) is 5.91 Å². The molecule has 1 aromatic heterocycles. The van der Waals surface area contributed by atoms with Gasteiger partial charge < -0.3 is 29.5 Å². The number of ether oxygens (including phenoxy) is 2. The lowest BCUT2D eigenvalue weighted by molar-refractivity contribution is -0.0620. The molecule has 11 nitrogen and oxygen atoms in total. The molecule has 2 amide bonds. The highest BCUT2D eigenvalue weighted by atomic mass is 19.1. The number of aliphatic hydroxyl groups excluding tert-OH is 1. The Bertz CT molecular complexity index is 1220. The molecule has 1 aliphatic heterocycles. The van der Waals surface area contributed by atoms with Crippen molar-refractivity contribution in [2.45, 2.75) is 78.5 Å². The Labute approximate surface area is 253 Å². The average molecular weight is 606 g/mol. The molecule has 1 fully saturated rings. The molecule has 0 bridgehead atoms. The summed E-state index contributed by atoms with van der Waals surface area (Å²) in [6, 6.07) is 5.07. The predicted octanol–water partition coefficient (Wildman–Crippen LogP) is 4.26. The van der Waals surface area contributed by atoms with Crippen LogP contribution in [0.4, 0.5) is 9.18 Å². The maximum absolute atomic E-state index is 14.9. The minimum absolute atomic E-state index is 0.0406. The summed E-state index contributed by atoms with van der Waals surface area (Å²) < 4.78 is 26.7. The van der Waals surface area contributed by atoms with Crippen LogP contribution in [0.15, 0.2) is 24.3 Å². The number of amides is 2. The lowest BCUT2D eigenvalue weighted by Crippen LogP contribution is -2.66. The molecular formula is C31H48FN5O6. The van der Waals surface area contributed by atoms with Crippen molar-refractivity contribution in [1.29, 1.82) is 0 Å². The minimum atomic E-state index is -1.11. The molecule has 0 radical (unpaired) electrons. The Morgan fingerprint density at radius 3 is 2.44 bits per heavy atom. The number of nitrogens with zero attached hydrogens (tertiary/aromatic N) is 5. The predicted molar refractivity (Wildman–Crippen MR) is 160 cm³/mol. The van der Waals surface area contributed by atoms with Gasteiger partial charge >= 0.3 is 6.09 Å². The van der Waals surface area contributed by atoms with Crippen LogP contribution < -0.4 is 0 Å². The van der Waals surface area contributed by atoms with Crippen LogP contribution in [0.5, 0.6) is 0 Å². The third-order valence-electron chi connectivity index (χ3n) is 7.97. The van der Waals surface area contributed by atoms with Gasteiger partial charge in [-0.3, -0.25) is 4.79 Å². The molecule has 2 heterocycles. The first-order valence-electron chi connectivity index (χ1n) is 15.0. The van der Waals surface area contributed by atoms with Crippen molar-refractivity contribution < 1.29 is 33.7 Å². The first-order chi connectivity index (χ1) is 20.3. The third-order valence-corrected chi connectivity index (χ3v) is 7.97. The smallest absolute Gasteiger partial charge is 0.407 e. The summed E-state index contributed by atoms with van der Waals surface area (Å²) in [6.07, 6.45) is 0.144. The van der Waals surface area contributed by atoms with Crippen molar-refractivity contribution in [3.05, 3.63) is 41.5 Å². The maximum atomic E-state index is 14.9. The summed E-state index contributed by atoms with van der Waals surface area (Å²) in [4.78, 5) is 30.3. The SMILES string of the molecule is COCCCCc1c(C(=O)N(CC(C)C)[C@H]2C[C@@H](C(O)COC)CN(C(=O)O)C2C(C)(C)C)nnn1-c1ccccc1F. The Kier molecular flexibility index (Phi) is 12.1. The quantitative estimate of drug-likeness (QED) is 0.324. The molecule has 1 aromatic carbocycles. The number of hydrogen-bond acceptors (Lipinski definition) is 7. The molecule has 1 saturated heterocycles. The number of likely N-dealkylation sites (tertiary alicyclic amines) is 1. The Balaban J connectivity index is 2.15. The molecular weight excluding hydrogens is 557 g/mol. The number of halogens is 1. The number of aliphatic hydroxyl groups is 1. The van der Waals surface area contributed by atoms with Crippen molar-refractivity contribution >= 4 is 12.0 Å². The van der Waals surface area contributed by atoms with Crippen molar-refractivity contribution in [3.63, 3.8) is 0 Å². The van der Waals surface area contributed by atoms with Gasteiger partial charge in [0.05, 0.1) is 30.5 Å². The fourth-order valence-corrected chi connectivity index (χ4v) is 6.16. The highest BCUT2D eigenvalue weighted by Crippen LogP contribution is 2.39. The van der Waals surface area contributed by atoms with Gasteiger partial charge in [0, 0.05) is 39.8 Å². The second-order valence-corrected chi connectivity index (χ2v) is 12.9. The molecule has 0 saturated carbocycles. The van der Waals surface area contributed by atoms with Crippen LogP contribution in [0.2, 0.25) is 0 Å². The Morgan fingerprint density at radius 2 is 1.86 bits per heavy atom. The van der Waals surface area contributed by atoms with E-state index in [9.17, 15) is 24.2 Å². The highest BCUT2D eigenvalue weighted by molar-refractivity contribution is 5.94. The van der Waals surface area contributed by atoms with Gasteiger partial charge in [0.1, 0.15) is 11.5 Å². The number of rotatable bonds is 13. The fraction of sp³-hybridized carbons (Fsp3) is 0.677. The summed E-state index contributed by atoms with van der Waals surface area (Å²) in [6.45, 7) is 10.9. The van der Waals surface area contributed by atoms with Gasteiger partial charge in [-0.1, -0.05) is 52.0 Å². The van der Waals surface area contributed by atoms with Crippen molar-refractivity contribution in [3.8, 4) is 5.69 Å². The van der Waals surface area contributed by atoms with E-state index in [2.05, 4.69) is 10.3 Å². The van der Waals surface area contributed by atoms with Crippen molar-refractivity contribution in [2.75, 3.05) is 40.5 Å². The number of piperidine rings is 1. The number of methoxy groups -OCH3 is 2.